The van der Waals surface area contributed by atoms with Gasteiger partial charge in [-0.3, -0.25) is 14.9 Å². The van der Waals surface area contributed by atoms with Gasteiger partial charge >= 0.3 is 11.7 Å². The fourth-order valence-electron chi connectivity index (χ4n) is 4.94. The summed E-state index contributed by atoms with van der Waals surface area (Å²) in [7, 11) is 0. The number of hydrogen-bond acceptors (Lipinski definition) is 7. The van der Waals surface area contributed by atoms with Gasteiger partial charge in [-0.2, -0.15) is 9.78 Å². The van der Waals surface area contributed by atoms with Crippen LogP contribution in [0.2, 0.25) is 5.02 Å². The van der Waals surface area contributed by atoms with E-state index < -0.39 is 10.9 Å². The smallest absolute Gasteiger partial charge is 0.335 e. The zero-order valence-electron chi connectivity index (χ0n) is 21.3. The minimum Gasteiger partial charge on any atom is -0.481 e. The Labute approximate surface area is 233 Å². The normalized spacial score (nSPS) is 14.0. The highest BCUT2D eigenvalue weighted by Crippen LogP contribution is 2.35. The molecule has 204 valence electrons. The second-order valence-electron chi connectivity index (χ2n) is 9.58. The first-order valence-electron chi connectivity index (χ1n) is 12.8. The highest BCUT2D eigenvalue weighted by Gasteiger charge is 2.24. The fraction of sp³-hybridized carbons (Fsp3) is 0.241. The molecular formula is C29H25ClN4O6. The van der Waals surface area contributed by atoms with Crippen LogP contribution in [-0.4, -0.2) is 31.9 Å². The molecule has 0 radical (unpaired) electrons. The summed E-state index contributed by atoms with van der Waals surface area (Å²) in [5, 5.41) is 26.1. The maximum atomic E-state index is 13.5. The predicted octanol–water partition coefficient (Wildman–Crippen LogP) is 6.17. The Kier molecular flexibility index (Phi) is 7.88. The number of nitro benzene ring substituents is 1. The molecule has 0 spiro atoms. The van der Waals surface area contributed by atoms with Crippen molar-refractivity contribution in [2.75, 3.05) is 0 Å². The molecule has 10 nitrogen and oxygen atoms in total. The number of aromatic nitrogens is 2. The van der Waals surface area contributed by atoms with Gasteiger partial charge in [0.05, 0.1) is 27.6 Å². The maximum absolute atomic E-state index is 13.5. The largest absolute Gasteiger partial charge is 0.481 e. The zero-order chi connectivity index (χ0) is 28.2. The zero-order valence-corrected chi connectivity index (χ0v) is 22.1. The molecule has 1 saturated carbocycles. The first-order valence-corrected chi connectivity index (χ1v) is 13.2. The summed E-state index contributed by atoms with van der Waals surface area (Å²) in [6.45, 7) is -0.144. The summed E-state index contributed by atoms with van der Waals surface area (Å²) >= 11 is 6.22. The second kappa shape index (κ2) is 11.7. The van der Waals surface area contributed by atoms with E-state index in [1.807, 2.05) is 6.07 Å². The summed E-state index contributed by atoms with van der Waals surface area (Å²) in [4.78, 5) is 40.9. The molecule has 5 rings (SSSR count). The molecule has 4 aromatic rings. The molecule has 3 aromatic carbocycles. The lowest BCUT2D eigenvalue weighted by Crippen LogP contribution is -2.25. The molecule has 40 heavy (non-hydrogen) atoms. The molecular weight excluding hydrogens is 536 g/mol. The van der Waals surface area contributed by atoms with E-state index in [0.717, 1.165) is 32.1 Å². The third-order valence-electron chi connectivity index (χ3n) is 6.88. The molecule has 1 aliphatic rings. The van der Waals surface area contributed by atoms with Crippen molar-refractivity contribution >= 4 is 40.4 Å². The Bertz CT molecular complexity index is 1690. The summed E-state index contributed by atoms with van der Waals surface area (Å²) in [5.41, 5.74) is 0.606. The van der Waals surface area contributed by atoms with E-state index in [1.54, 1.807) is 30.3 Å². The number of nitrogens with zero attached hydrogens (tertiary/aromatic N) is 4. The highest BCUT2D eigenvalue weighted by molar-refractivity contribution is 6.31. The number of fused-ring (bicyclic) bond motifs is 1. The van der Waals surface area contributed by atoms with Crippen molar-refractivity contribution in [1.82, 2.24) is 9.66 Å². The topological polar surface area (TPSA) is 137 Å². The predicted molar refractivity (Wildman–Crippen MR) is 151 cm³/mol. The first kappa shape index (κ1) is 27.0. The van der Waals surface area contributed by atoms with Crippen molar-refractivity contribution in [3.05, 3.63) is 109 Å². The molecule has 1 aliphatic carbocycles. The molecule has 11 heteroatoms. The number of hydrogen-bond donors (Lipinski definition) is 1. The lowest BCUT2D eigenvalue weighted by atomic mass is 9.88. The van der Waals surface area contributed by atoms with Gasteiger partial charge in [-0.05, 0) is 48.7 Å². The number of para-hydroxylation sites is 1. The highest BCUT2D eigenvalue weighted by atomic mass is 35.5. The van der Waals surface area contributed by atoms with Crippen LogP contribution in [0.1, 0.15) is 65.3 Å². The van der Waals surface area contributed by atoms with Crippen LogP contribution in [0.5, 0.6) is 5.75 Å². The standard InChI is InChI=1S/C29H25ClN4O6/c30-22-14-21(26(25(15-22)34(38)39)40-17-18-7-6-10-20(13-18)29(36)37)16-31-33-27(19-8-2-1-3-9-19)32-24-12-5-4-11-23(24)28(33)35/h4-7,10-16,19H,1-3,8-9,17H2,(H,36,37). The van der Waals surface area contributed by atoms with Crippen LogP contribution in [0.25, 0.3) is 10.9 Å². The van der Waals surface area contributed by atoms with Crippen LogP contribution in [0.4, 0.5) is 5.69 Å². The average molecular weight is 561 g/mol. The van der Waals surface area contributed by atoms with Crippen molar-refractivity contribution < 1.29 is 19.6 Å². The number of benzene rings is 3. The maximum Gasteiger partial charge on any atom is 0.335 e. The number of carbonyl (C=O) groups is 1. The van der Waals surface area contributed by atoms with E-state index in [0.29, 0.717) is 22.3 Å². The van der Waals surface area contributed by atoms with Gasteiger partial charge in [-0.15, -0.1) is 0 Å². The molecule has 0 amide bonds. The molecule has 0 unspecified atom stereocenters. The number of carboxylic acids is 1. The second-order valence-corrected chi connectivity index (χ2v) is 10.0. The van der Waals surface area contributed by atoms with Gasteiger partial charge in [0.25, 0.3) is 5.56 Å². The monoisotopic (exact) mass is 560 g/mol. The molecule has 1 fully saturated rings. The van der Waals surface area contributed by atoms with Crippen LogP contribution in [0.15, 0.2) is 70.6 Å². The van der Waals surface area contributed by atoms with Crippen molar-refractivity contribution in [2.24, 2.45) is 5.10 Å². The molecule has 0 saturated heterocycles. The number of halogens is 1. The van der Waals surface area contributed by atoms with Gasteiger partial charge in [0.2, 0.25) is 5.75 Å². The Morgan fingerprint density at radius 3 is 2.67 bits per heavy atom. The molecule has 0 aliphatic heterocycles. The van der Waals surface area contributed by atoms with Crippen molar-refractivity contribution in [3.8, 4) is 5.75 Å². The van der Waals surface area contributed by atoms with Crippen LogP contribution in [0, 0.1) is 10.1 Å². The quantitative estimate of drug-likeness (QED) is 0.155. The minimum atomic E-state index is -1.10. The van der Waals surface area contributed by atoms with E-state index in [1.165, 1.54) is 35.2 Å². The summed E-state index contributed by atoms with van der Waals surface area (Å²) < 4.78 is 7.12. The lowest BCUT2D eigenvalue weighted by Gasteiger charge is -2.22. The van der Waals surface area contributed by atoms with Gasteiger partial charge < -0.3 is 9.84 Å². The van der Waals surface area contributed by atoms with E-state index in [2.05, 4.69) is 5.10 Å². The summed E-state index contributed by atoms with van der Waals surface area (Å²) in [6.07, 6.45) is 6.25. The minimum absolute atomic E-state index is 0.0501. The van der Waals surface area contributed by atoms with Crippen molar-refractivity contribution in [1.29, 1.82) is 0 Å². The Morgan fingerprint density at radius 1 is 1.15 bits per heavy atom. The van der Waals surface area contributed by atoms with Crippen LogP contribution < -0.4 is 10.3 Å². The van der Waals surface area contributed by atoms with Crippen molar-refractivity contribution in [2.45, 2.75) is 44.6 Å². The van der Waals surface area contributed by atoms with Crippen molar-refractivity contribution in [3.63, 3.8) is 0 Å². The molecule has 1 heterocycles. The Morgan fingerprint density at radius 2 is 1.93 bits per heavy atom. The lowest BCUT2D eigenvalue weighted by molar-refractivity contribution is -0.385. The van der Waals surface area contributed by atoms with Gasteiger partial charge in [-0.1, -0.05) is 55.1 Å². The van der Waals surface area contributed by atoms with Gasteiger partial charge in [0.1, 0.15) is 12.4 Å². The van der Waals surface area contributed by atoms with Gasteiger partial charge in [0.15, 0.2) is 0 Å². The van der Waals surface area contributed by atoms with Gasteiger partial charge in [0, 0.05) is 22.6 Å². The Balaban J connectivity index is 1.58. The number of nitro groups is 1. The molecule has 0 atom stereocenters. The number of ether oxygens (including phenoxy) is 1. The summed E-state index contributed by atoms with van der Waals surface area (Å²) in [5.74, 6) is -0.617. The third-order valence-corrected chi connectivity index (χ3v) is 7.10. The van der Waals surface area contributed by atoms with Crippen LogP contribution in [0.3, 0.4) is 0 Å². The Hall–Kier alpha value is -4.57. The van der Waals surface area contributed by atoms with E-state index in [4.69, 9.17) is 21.3 Å². The molecule has 0 bridgehead atoms. The summed E-state index contributed by atoms with van der Waals surface area (Å²) in [6, 6.07) is 15.8. The SMILES string of the molecule is O=C(O)c1cccc(COc2c(C=Nn3c(C4CCCCC4)nc4ccccc4c3=O)cc(Cl)cc2[N+](=O)[O-])c1. The average Bonchev–Trinajstić information content (AvgIpc) is 2.96. The number of carboxylic acid groups (broad SMARTS) is 1. The van der Waals surface area contributed by atoms with E-state index in [9.17, 15) is 24.8 Å². The number of aromatic carboxylic acids is 1. The molecule has 1 N–H and O–H groups in total. The van der Waals surface area contributed by atoms with Crippen LogP contribution in [-0.2, 0) is 6.61 Å². The van der Waals surface area contributed by atoms with E-state index in [-0.39, 0.29) is 45.7 Å². The third kappa shape index (κ3) is 5.72. The van der Waals surface area contributed by atoms with Crippen LogP contribution >= 0.6 is 11.6 Å². The first-order chi connectivity index (χ1) is 19.3. The number of rotatable bonds is 8. The van der Waals surface area contributed by atoms with Gasteiger partial charge in [-0.25, -0.2) is 9.78 Å². The fourth-order valence-corrected chi connectivity index (χ4v) is 5.16. The molecule has 1 aromatic heterocycles. The van der Waals surface area contributed by atoms with E-state index >= 15 is 0 Å².